The summed E-state index contributed by atoms with van der Waals surface area (Å²) in [7, 11) is 0. The van der Waals surface area contributed by atoms with Crippen molar-refractivity contribution < 1.29 is 5.11 Å². The van der Waals surface area contributed by atoms with Crippen LogP contribution in [-0.2, 0) is 0 Å². The van der Waals surface area contributed by atoms with Gasteiger partial charge >= 0.3 is 0 Å². The predicted octanol–water partition coefficient (Wildman–Crippen LogP) is 2.67. The molecule has 1 heterocycles. The maximum atomic E-state index is 11.4. The number of nitrogens with zero attached hydrogens (tertiary/aromatic N) is 1. The SMILES string of the molecule is CC[C@H](O)c1ccccc1Sc1nc(C)cc(=O)[nH]1. The van der Waals surface area contributed by atoms with Gasteiger partial charge in [0.25, 0.3) is 5.56 Å². The van der Waals surface area contributed by atoms with E-state index in [1.807, 2.05) is 31.2 Å². The summed E-state index contributed by atoms with van der Waals surface area (Å²) in [6.07, 6.45) is 0.148. The molecule has 2 rings (SSSR count). The number of benzene rings is 1. The highest BCUT2D eigenvalue weighted by atomic mass is 32.2. The van der Waals surface area contributed by atoms with Gasteiger partial charge in [0.2, 0.25) is 0 Å². The summed E-state index contributed by atoms with van der Waals surface area (Å²) >= 11 is 1.36. The number of hydrogen-bond acceptors (Lipinski definition) is 4. The Morgan fingerprint density at radius 1 is 1.42 bits per heavy atom. The third kappa shape index (κ3) is 3.45. The molecule has 19 heavy (non-hydrogen) atoms. The molecule has 1 atom stereocenters. The minimum Gasteiger partial charge on any atom is -0.388 e. The molecule has 0 radical (unpaired) electrons. The maximum Gasteiger partial charge on any atom is 0.251 e. The smallest absolute Gasteiger partial charge is 0.251 e. The molecule has 0 spiro atoms. The lowest BCUT2D eigenvalue weighted by Crippen LogP contribution is -2.08. The fourth-order valence-corrected chi connectivity index (χ4v) is 2.79. The summed E-state index contributed by atoms with van der Waals surface area (Å²) in [5.74, 6) is 0. The number of rotatable bonds is 4. The first-order chi connectivity index (χ1) is 9.10. The molecule has 100 valence electrons. The molecule has 1 aromatic carbocycles. The minimum atomic E-state index is -0.500. The topological polar surface area (TPSA) is 66.0 Å². The number of aliphatic hydroxyl groups is 1. The van der Waals surface area contributed by atoms with E-state index in [0.29, 0.717) is 17.3 Å². The number of H-pyrrole nitrogens is 1. The van der Waals surface area contributed by atoms with Crippen LogP contribution in [0.25, 0.3) is 0 Å². The van der Waals surface area contributed by atoms with Crippen molar-refractivity contribution in [3.63, 3.8) is 0 Å². The number of aliphatic hydroxyl groups excluding tert-OH is 1. The normalized spacial score (nSPS) is 12.4. The highest BCUT2D eigenvalue weighted by Crippen LogP contribution is 2.32. The third-order valence-electron chi connectivity index (χ3n) is 2.72. The standard InChI is InChI=1S/C14H16N2O2S/c1-3-11(17)10-6-4-5-7-12(10)19-14-15-9(2)8-13(18)16-14/h4-8,11,17H,3H2,1-2H3,(H,15,16,18)/t11-/m0/s1. The van der Waals surface area contributed by atoms with Gasteiger partial charge in [0, 0.05) is 16.7 Å². The number of hydrogen-bond donors (Lipinski definition) is 2. The molecule has 0 aliphatic rings. The Kier molecular flexibility index (Phi) is 4.39. The van der Waals surface area contributed by atoms with Crippen molar-refractivity contribution >= 4 is 11.8 Å². The molecular formula is C14H16N2O2S. The number of nitrogens with one attached hydrogen (secondary N) is 1. The van der Waals surface area contributed by atoms with Crippen molar-refractivity contribution in [2.75, 3.05) is 0 Å². The zero-order valence-electron chi connectivity index (χ0n) is 10.9. The number of aromatic nitrogens is 2. The summed E-state index contributed by atoms with van der Waals surface area (Å²) in [5.41, 5.74) is 1.38. The van der Waals surface area contributed by atoms with Gasteiger partial charge in [-0.25, -0.2) is 4.98 Å². The Morgan fingerprint density at radius 3 is 2.84 bits per heavy atom. The van der Waals surface area contributed by atoms with Crippen molar-refractivity contribution in [2.45, 2.75) is 36.4 Å². The van der Waals surface area contributed by atoms with Gasteiger partial charge < -0.3 is 10.1 Å². The van der Waals surface area contributed by atoms with Crippen LogP contribution in [0.3, 0.4) is 0 Å². The Morgan fingerprint density at radius 2 is 2.16 bits per heavy atom. The molecule has 4 nitrogen and oxygen atoms in total. The number of aryl methyl sites for hydroxylation is 1. The molecule has 0 bridgehead atoms. The molecule has 0 unspecified atom stereocenters. The lowest BCUT2D eigenvalue weighted by molar-refractivity contribution is 0.171. The van der Waals surface area contributed by atoms with E-state index in [1.54, 1.807) is 6.92 Å². The van der Waals surface area contributed by atoms with E-state index in [-0.39, 0.29) is 5.56 Å². The van der Waals surface area contributed by atoms with Gasteiger partial charge in [-0.1, -0.05) is 36.9 Å². The van der Waals surface area contributed by atoms with Crippen molar-refractivity contribution in [2.24, 2.45) is 0 Å². The minimum absolute atomic E-state index is 0.163. The summed E-state index contributed by atoms with van der Waals surface area (Å²) < 4.78 is 0. The maximum absolute atomic E-state index is 11.4. The molecule has 5 heteroatoms. The molecular weight excluding hydrogens is 260 g/mol. The van der Waals surface area contributed by atoms with Crippen LogP contribution in [0.15, 0.2) is 45.2 Å². The van der Waals surface area contributed by atoms with Gasteiger partial charge in [0.15, 0.2) is 5.16 Å². The van der Waals surface area contributed by atoms with Gasteiger partial charge in [-0.05, 0) is 25.0 Å². The van der Waals surface area contributed by atoms with Crippen LogP contribution in [-0.4, -0.2) is 15.1 Å². The predicted molar refractivity (Wildman–Crippen MR) is 75.4 cm³/mol. The molecule has 0 aliphatic heterocycles. The molecule has 1 aromatic heterocycles. The first kappa shape index (κ1) is 13.8. The van der Waals surface area contributed by atoms with Gasteiger partial charge in [-0.2, -0.15) is 0 Å². The Bertz CT molecular complexity index is 625. The van der Waals surface area contributed by atoms with Crippen molar-refractivity contribution in [3.8, 4) is 0 Å². The largest absolute Gasteiger partial charge is 0.388 e. The highest BCUT2D eigenvalue weighted by molar-refractivity contribution is 7.99. The molecule has 0 amide bonds. The summed E-state index contributed by atoms with van der Waals surface area (Å²) in [4.78, 5) is 19.3. The molecule has 0 fully saturated rings. The van der Waals surface area contributed by atoms with E-state index in [1.165, 1.54) is 17.8 Å². The quantitative estimate of drug-likeness (QED) is 0.843. The van der Waals surface area contributed by atoms with Crippen LogP contribution in [0.2, 0.25) is 0 Å². The van der Waals surface area contributed by atoms with Gasteiger partial charge in [-0.3, -0.25) is 4.79 Å². The van der Waals surface area contributed by atoms with E-state index in [4.69, 9.17) is 0 Å². The molecule has 2 aromatic rings. The van der Waals surface area contributed by atoms with Crippen molar-refractivity contribution in [1.29, 1.82) is 0 Å². The summed E-state index contributed by atoms with van der Waals surface area (Å²) in [6, 6.07) is 9.06. The van der Waals surface area contributed by atoms with E-state index in [9.17, 15) is 9.90 Å². The second kappa shape index (κ2) is 6.04. The van der Waals surface area contributed by atoms with Gasteiger partial charge in [0.1, 0.15) is 0 Å². The van der Waals surface area contributed by atoms with Crippen LogP contribution >= 0.6 is 11.8 Å². The Hall–Kier alpha value is -1.59. The number of aromatic amines is 1. The first-order valence-corrected chi connectivity index (χ1v) is 6.94. The third-order valence-corrected chi connectivity index (χ3v) is 3.70. The van der Waals surface area contributed by atoms with E-state index in [2.05, 4.69) is 9.97 Å². The second-order valence-electron chi connectivity index (χ2n) is 4.26. The lowest BCUT2D eigenvalue weighted by atomic mass is 10.1. The summed E-state index contributed by atoms with van der Waals surface area (Å²) in [6.45, 7) is 3.71. The van der Waals surface area contributed by atoms with Gasteiger partial charge in [0.05, 0.1) is 6.10 Å². The fraction of sp³-hybridized carbons (Fsp3) is 0.286. The molecule has 0 saturated carbocycles. The molecule has 0 aliphatic carbocycles. The zero-order chi connectivity index (χ0) is 13.8. The average molecular weight is 276 g/mol. The monoisotopic (exact) mass is 276 g/mol. The van der Waals surface area contributed by atoms with Crippen molar-refractivity contribution in [1.82, 2.24) is 9.97 Å². The lowest BCUT2D eigenvalue weighted by Gasteiger charge is -2.13. The van der Waals surface area contributed by atoms with Crippen LogP contribution in [0, 0.1) is 6.92 Å². The van der Waals surface area contributed by atoms with Crippen LogP contribution in [0.4, 0.5) is 0 Å². The first-order valence-electron chi connectivity index (χ1n) is 6.13. The average Bonchev–Trinajstić information content (AvgIpc) is 2.37. The second-order valence-corrected chi connectivity index (χ2v) is 5.29. The van der Waals surface area contributed by atoms with Crippen LogP contribution in [0.1, 0.15) is 30.7 Å². The zero-order valence-corrected chi connectivity index (χ0v) is 11.7. The van der Waals surface area contributed by atoms with E-state index < -0.39 is 6.10 Å². The Balaban J connectivity index is 2.35. The van der Waals surface area contributed by atoms with Crippen LogP contribution in [0.5, 0.6) is 0 Å². The molecule has 0 saturated heterocycles. The van der Waals surface area contributed by atoms with Crippen LogP contribution < -0.4 is 5.56 Å². The summed E-state index contributed by atoms with van der Waals surface area (Å²) in [5, 5.41) is 10.5. The van der Waals surface area contributed by atoms with Gasteiger partial charge in [-0.15, -0.1) is 0 Å². The highest BCUT2D eigenvalue weighted by Gasteiger charge is 2.12. The fourth-order valence-electron chi connectivity index (χ4n) is 1.77. The van der Waals surface area contributed by atoms with Crippen molar-refractivity contribution in [3.05, 3.63) is 51.9 Å². The van der Waals surface area contributed by atoms with E-state index >= 15 is 0 Å². The Labute approximate surface area is 115 Å². The molecule has 2 N–H and O–H groups in total. The van der Waals surface area contributed by atoms with E-state index in [0.717, 1.165) is 10.5 Å².